The maximum Gasteiger partial charge on any atom is 0.292 e. The predicted octanol–water partition coefficient (Wildman–Crippen LogP) is 3.75. The van der Waals surface area contributed by atoms with Crippen LogP contribution < -0.4 is 5.32 Å². The molecular formula is C18H22ClN4OS+. The van der Waals surface area contributed by atoms with E-state index in [0.717, 1.165) is 33.5 Å². The highest BCUT2D eigenvalue weighted by molar-refractivity contribution is 7.22. The number of amidine groups is 1. The van der Waals surface area contributed by atoms with Gasteiger partial charge >= 0.3 is 0 Å². The van der Waals surface area contributed by atoms with Gasteiger partial charge in [-0.15, -0.1) is 0 Å². The van der Waals surface area contributed by atoms with Crippen molar-refractivity contribution in [1.29, 1.82) is 0 Å². The largest absolute Gasteiger partial charge is 0.450 e. The van der Waals surface area contributed by atoms with Gasteiger partial charge in [-0.2, -0.15) is 0 Å². The van der Waals surface area contributed by atoms with Gasteiger partial charge in [-0.25, -0.2) is 9.98 Å². The van der Waals surface area contributed by atoms with Crippen molar-refractivity contribution in [2.24, 2.45) is 10.9 Å². The second-order valence-electron chi connectivity index (χ2n) is 7.58. The Bertz CT molecular complexity index is 858. The maximum absolute atomic E-state index is 6.44. The molecule has 1 spiro atoms. The summed E-state index contributed by atoms with van der Waals surface area (Å²) in [6.45, 7) is 7.97. The van der Waals surface area contributed by atoms with Crippen LogP contribution in [0, 0.1) is 5.92 Å². The number of fused-ring (bicyclic) bond motifs is 3. The zero-order valence-electron chi connectivity index (χ0n) is 14.3. The molecule has 6 rings (SSSR count). The van der Waals surface area contributed by atoms with Crippen molar-refractivity contribution in [1.82, 2.24) is 4.98 Å². The van der Waals surface area contributed by atoms with E-state index in [1.54, 1.807) is 11.3 Å². The van der Waals surface area contributed by atoms with Crippen LogP contribution in [0.2, 0.25) is 5.02 Å². The van der Waals surface area contributed by atoms with E-state index in [1.165, 1.54) is 37.0 Å². The highest BCUT2D eigenvalue weighted by atomic mass is 35.5. The molecule has 0 amide bonds. The molecule has 0 radical (unpaired) electrons. The van der Waals surface area contributed by atoms with Crippen molar-refractivity contribution in [3.8, 4) is 0 Å². The SMILES string of the molecule is CC[N+]12CCC(CC1)C1(CN=C(Nc3nc4ccc(Cl)cc4s3)O1)C2. The number of anilines is 1. The molecule has 1 atom stereocenters. The van der Waals surface area contributed by atoms with Gasteiger partial charge < -0.3 is 9.22 Å². The zero-order chi connectivity index (χ0) is 17.1. The molecule has 1 aromatic carbocycles. The summed E-state index contributed by atoms with van der Waals surface area (Å²) >= 11 is 7.65. The molecule has 2 aromatic rings. The number of hydrogen-bond acceptors (Lipinski definition) is 5. The molecule has 4 aliphatic rings. The average Bonchev–Trinajstić information content (AvgIpc) is 3.19. The van der Waals surface area contributed by atoms with E-state index in [4.69, 9.17) is 21.3 Å². The summed E-state index contributed by atoms with van der Waals surface area (Å²) < 4.78 is 8.70. The number of nitrogens with one attached hydrogen (secondary N) is 1. The number of piperidine rings is 3. The highest BCUT2D eigenvalue weighted by Gasteiger charge is 2.58. The lowest BCUT2D eigenvalue weighted by Crippen LogP contribution is -2.70. The number of aromatic nitrogens is 1. The van der Waals surface area contributed by atoms with E-state index >= 15 is 0 Å². The van der Waals surface area contributed by atoms with E-state index in [9.17, 15) is 0 Å². The van der Waals surface area contributed by atoms with E-state index in [2.05, 4.69) is 17.2 Å². The van der Waals surface area contributed by atoms with Gasteiger partial charge in [0.25, 0.3) is 6.02 Å². The minimum absolute atomic E-state index is 0.102. The van der Waals surface area contributed by atoms with Crippen LogP contribution in [0.15, 0.2) is 23.2 Å². The normalized spacial score (nSPS) is 33.7. The molecule has 3 fully saturated rings. The van der Waals surface area contributed by atoms with Gasteiger partial charge in [-0.05, 0) is 25.1 Å². The van der Waals surface area contributed by atoms with Gasteiger partial charge in [0.2, 0.25) is 0 Å². The number of nitrogens with zero attached hydrogens (tertiary/aromatic N) is 3. The number of halogens is 1. The molecule has 7 heteroatoms. The smallest absolute Gasteiger partial charge is 0.292 e. The fraction of sp³-hybridized carbons (Fsp3) is 0.556. The molecule has 0 saturated carbocycles. The van der Waals surface area contributed by atoms with Crippen molar-refractivity contribution in [2.45, 2.75) is 25.4 Å². The zero-order valence-corrected chi connectivity index (χ0v) is 15.9. The lowest BCUT2D eigenvalue weighted by Gasteiger charge is -2.55. The van der Waals surface area contributed by atoms with Crippen molar-refractivity contribution in [2.75, 3.05) is 38.0 Å². The molecule has 5 heterocycles. The summed E-state index contributed by atoms with van der Waals surface area (Å²) in [6.07, 6.45) is 2.52. The molecule has 4 aliphatic heterocycles. The second-order valence-corrected chi connectivity index (χ2v) is 9.05. The maximum atomic E-state index is 6.44. The molecule has 5 nitrogen and oxygen atoms in total. The number of hydrogen-bond donors (Lipinski definition) is 1. The fourth-order valence-electron chi connectivity index (χ4n) is 4.79. The Balaban J connectivity index is 1.35. The van der Waals surface area contributed by atoms with Crippen LogP contribution >= 0.6 is 22.9 Å². The van der Waals surface area contributed by atoms with E-state index in [1.807, 2.05) is 18.2 Å². The number of ether oxygens (including phenoxy) is 1. The van der Waals surface area contributed by atoms with Crippen LogP contribution in [-0.4, -0.2) is 53.8 Å². The van der Waals surface area contributed by atoms with Gasteiger partial charge in [-0.3, -0.25) is 5.32 Å². The Labute approximate surface area is 156 Å². The number of rotatable bonds is 2. The van der Waals surface area contributed by atoms with E-state index in [0.29, 0.717) is 11.9 Å². The molecule has 1 unspecified atom stereocenters. The lowest BCUT2D eigenvalue weighted by atomic mass is 9.73. The number of likely N-dealkylation sites (N-methyl/N-ethyl adjacent to an activating group) is 1. The highest BCUT2D eigenvalue weighted by Crippen LogP contribution is 2.44. The summed E-state index contributed by atoms with van der Waals surface area (Å²) in [5, 5.41) is 4.84. The summed E-state index contributed by atoms with van der Waals surface area (Å²) in [4.78, 5) is 9.31. The van der Waals surface area contributed by atoms with Crippen LogP contribution in [-0.2, 0) is 4.74 Å². The van der Waals surface area contributed by atoms with Crippen molar-refractivity contribution in [3.63, 3.8) is 0 Å². The standard InChI is InChI=1S/C18H22ClN4OS/c1-2-23-7-5-12(6-8-23)18(11-23)10-20-16(24-18)22-17-21-14-4-3-13(19)9-15(14)25-17/h3-4,9,12H,2,5-8,10-11H2,1H3,(H,20,21,22)/q+1. The molecule has 0 aliphatic carbocycles. The van der Waals surface area contributed by atoms with Gasteiger partial charge in [0.15, 0.2) is 10.7 Å². The summed E-state index contributed by atoms with van der Waals surface area (Å²) in [5.41, 5.74) is 0.845. The first-order valence-electron chi connectivity index (χ1n) is 9.01. The van der Waals surface area contributed by atoms with Crippen LogP contribution in [0.25, 0.3) is 10.2 Å². The van der Waals surface area contributed by atoms with Gasteiger partial charge in [0, 0.05) is 23.8 Å². The molecule has 1 aromatic heterocycles. The average molecular weight is 378 g/mol. The summed E-state index contributed by atoms with van der Waals surface area (Å²) in [6, 6.07) is 6.39. The lowest BCUT2D eigenvalue weighted by molar-refractivity contribution is -0.948. The predicted molar refractivity (Wildman–Crippen MR) is 102 cm³/mol. The van der Waals surface area contributed by atoms with Crippen LogP contribution in [0.5, 0.6) is 0 Å². The minimum atomic E-state index is -0.102. The van der Waals surface area contributed by atoms with Crippen molar-refractivity contribution >= 4 is 44.3 Å². The van der Waals surface area contributed by atoms with Crippen molar-refractivity contribution < 1.29 is 9.22 Å². The first-order valence-corrected chi connectivity index (χ1v) is 10.2. The minimum Gasteiger partial charge on any atom is -0.450 e. The molecule has 25 heavy (non-hydrogen) atoms. The number of thiazole rings is 1. The number of aliphatic imine (C=N–C) groups is 1. The Morgan fingerprint density at radius 1 is 1.40 bits per heavy atom. The van der Waals surface area contributed by atoms with Crippen LogP contribution in [0.4, 0.5) is 5.13 Å². The van der Waals surface area contributed by atoms with Gasteiger partial charge in [-0.1, -0.05) is 22.9 Å². The Morgan fingerprint density at radius 3 is 3.04 bits per heavy atom. The molecule has 3 saturated heterocycles. The second kappa shape index (κ2) is 5.56. The van der Waals surface area contributed by atoms with Crippen LogP contribution in [0.3, 0.4) is 0 Å². The fourth-order valence-corrected chi connectivity index (χ4v) is 5.92. The third-order valence-corrected chi connectivity index (χ3v) is 7.44. The third kappa shape index (κ3) is 2.54. The van der Waals surface area contributed by atoms with Crippen LogP contribution in [0.1, 0.15) is 19.8 Å². The molecule has 2 bridgehead atoms. The quantitative estimate of drug-likeness (QED) is 0.811. The molecule has 1 N–H and O–H groups in total. The van der Waals surface area contributed by atoms with Gasteiger partial charge in [0.05, 0.1) is 36.4 Å². The van der Waals surface area contributed by atoms with E-state index < -0.39 is 0 Å². The first kappa shape index (κ1) is 15.9. The van der Waals surface area contributed by atoms with E-state index in [-0.39, 0.29) is 5.60 Å². The Morgan fingerprint density at radius 2 is 2.24 bits per heavy atom. The molecule has 132 valence electrons. The number of benzene rings is 1. The number of quaternary nitrogens is 1. The molecular weight excluding hydrogens is 356 g/mol. The van der Waals surface area contributed by atoms with Crippen molar-refractivity contribution in [3.05, 3.63) is 23.2 Å². The van der Waals surface area contributed by atoms with Gasteiger partial charge in [0.1, 0.15) is 6.54 Å². The monoisotopic (exact) mass is 377 g/mol. The topological polar surface area (TPSA) is 46.5 Å². The first-order chi connectivity index (χ1) is 12.1. The third-order valence-electron chi connectivity index (χ3n) is 6.28. The summed E-state index contributed by atoms with van der Waals surface area (Å²) in [5.74, 6) is 0.635. The summed E-state index contributed by atoms with van der Waals surface area (Å²) in [7, 11) is 0. The Hall–Kier alpha value is -1.37. The Kier molecular flexibility index (Phi) is 3.53.